The van der Waals surface area contributed by atoms with E-state index in [1.807, 2.05) is 13.8 Å². The molecule has 1 heterocycles. The molecule has 1 saturated carbocycles. The number of hydrogen-bond acceptors (Lipinski definition) is 4. The Bertz CT molecular complexity index is 410. The Morgan fingerprint density at radius 3 is 2.83 bits per heavy atom. The van der Waals surface area contributed by atoms with Crippen LogP contribution in [0.15, 0.2) is 0 Å². The Morgan fingerprint density at radius 2 is 2.28 bits per heavy atom. The van der Waals surface area contributed by atoms with Gasteiger partial charge in [-0.2, -0.15) is 0 Å². The molecule has 0 bridgehead atoms. The number of amides is 1. The topological polar surface area (TPSA) is 73.9 Å². The van der Waals surface area contributed by atoms with Crippen LogP contribution in [0.2, 0.25) is 0 Å². The van der Waals surface area contributed by atoms with Gasteiger partial charge in [-0.05, 0) is 19.9 Å². The number of aromatic nitrogens is 3. The first-order valence-corrected chi connectivity index (χ1v) is 6.48. The summed E-state index contributed by atoms with van der Waals surface area (Å²) in [6.07, 6.45) is 2.56. The lowest BCUT2D eigenvalue weighted by Crippen LogP contribution is -2.34. The van der Waals surface area contributed by atoms with E-state index in [1.165, 1.54) is 12.8 Å². The molecule has 18 heavy (non-hydrogen) atoms. The third kappa shape index (κ3) is 3.29. The molecule has 0 saturated heterocycles. The molecular weight excluding hydrogens is 230 g/mol. The van der Waals surface area contributed by atoms with Crippen molar-refractivity contribution in [1.29, 1.82) is 0 Å². The normalized spacial score (nSPS) is 15.4. The van der Waals surface area contributed by atoms with Crippen molar-refractivity contribution in [2.75, 3.05) is 20.1 Å². The molecular formula is C12H21N5O. The molecule has 2 N–H and O–H groups in total. The minimum atomic E-state index is -0.206. The van der Waals surface area contributed by atoms with Crippen LogP contribution in [-0.2, 0) is 0 Å². The van der Waals surface area contributed by atoms with Gasteiger partial charge in [-0.3, -0.25) is 9.89 Å². The summed E-state index contributed by atoms with van der Waals surface area (Å²) in [7, 11) is 2.09. The molecule has 1 amide bonds. The minimum absolute atomic E-state index is 0.206. The molecule has 2 rings (SSSR count). The number of aromatic amines is 1. The lowest BCUT2D eigenvalue weighted by molar-refractivity contribution is 0.0939. The fraction of sp³-hybridized carbons (Fsp3) is 0.750. The predicted molar refractivity (Wildman–Crippen MR) is 68.5 cm³/mol. The number of rotatable bonds is 6. The van der Waals surface area contributed by atoms with Gasteiger partial charge in [-0.15, -0.1) is 5.10 Å². The summed E-state index contributed by atoms with van der Waals surface area (Å²) in [5, 5.41) is 9.54. The maximum absolute atomic E-state index is 11.8. The zero-order valence-electron chi connectivity index (χ0n) is 11.2. The van der Waals surface area contributed by atoms with Gasteiger partial charge in [0.2, 0.25) is 5.82 Å². The number of nitrogens with zero attached hydrogens (tertiary/aromatic N) is 3. The van der Waals surface area contributed by atoms with E-state index in [2.05, 4.69) is 32.4 Å². The first-order chi connectivity index (χ1) is 8.58. The molecule has 0 aliphatic heterocycles. The van der Waals surface area contributed by atoms with E-state index < -0.39 is 0 Å². The fourth-order valence-electron chi connectivity index (χ4n) is 1.76. The Labute approximate surface area is 107 Å². The summed E-state index contributed by atoms with van der Waals surface area (Å²) in [6.45, 7) is 5.52. The van der Waals surface area contributed by atoms with Gasteiger partial charge in [-0.1, -0.05) is 13.8 Å². The highest BCUT2D eigenvalue weighted by molar-refractivity contribution is 5.90. The molecule has 1 fully saturated rings. The van der Waals surface area contributed by atoms with E-state index in [4.69, 9.17) is 0 Å². The molecule has 0 unspecified atom stereocenters. The summed E-state index contributed by atoms with van der Waals surface area (Å²) in [5.41, 5.74) is 0. The van der Waals surface area contributed by atoms with Gasteiger partial charge in [-0.25, -0.2) is 4.98 Å². The van der Waals surface area contributed by atoms with Crippen LogP contribution in [0, 0.1) is 0 Å². The van der Waals surface area contributed by atoms with Crippen molar-refractivity contribution in [3.63, 3.8) is 0 Å². The number of nitrogens with one attached hydrogen (secondary N) is 2. The zero-order chi connectivity index (χ0) is 13.1. The fourth-order valence-corrected chi connectivity index (χ4v) is 1.76. The molecule has 1 aliphatic rings. The molecule has 1 aromatic heterocycles. The Hall–Kier alpha value is -1.43. The van der Waals surface area contributed by atoms with E-state index in [0.29, 0.717) is 6.54 Å². The standard InChI is InChI=1S/C12H21N5O/c1-8(2)10-14-11(16-15-10)12(18)13-6-7-17(3)9-4-5-9/h8-9H,4-7H2,1-3H3,(H,13,18)(H,14,15,16). The summed E-state index contributed by atoms with van der Waals surface area (Å²) < 4.78 is 0. The van der Waals surface area contributed by atoms with Gasteiger partial charge in [0.1, 0.15) is 5.82 Å². The van der Waals surface area contributed by atoms with Crippen molar-refractivity contribution in [2.24, 2.45) is 0 Å². The van der Waals surface area contributed by atoms with Crippen LogP contribution >= 0.6 is 0 Å². The maximum atomic E-state index is 11.8. The maximum Gasteiger partial charge on any atom is 0.291 e. The third-order valence-corrected chi connectivity index (χ3v) is 3.17. The second kappa shape index (κ2) is 5.48. The smallest absolute Gasteiger partial charge is 0.291 e. The lowest BCUT2D eigenvalue weighted by Gasteiger charge is -2.15. The SMILES string of the molecule is CC(C)c1nc(C(=O)NCCN(C)C2CC2)n[nH]1. The Kier molecular flexibility index (Phi) is 3.96. The highest BCUT2D eigenvalue weighted by atomic mass is 16.2. The summed E-state index contributed by atoms with van der Waals surface area (Å²) in [4.78, 5) is 18.2. The predicted octanol–water partition coefficient (Wildman–Crippen LogP) is 0.752. The second-order valence-electron chi connectivity index (χ2n) is 5.17. The van der Waals surface area contributed by atoms with Crippen LogP contribution in [0.1, 0.15) is 49.1 Å². The van der Waals surface area contributed by atoms with Crippen molar-refractivity contribution in [3.05, 3.63) is 11.6 Å². The quantitative estimate of drug-likeness (QED) is 0.782. The number of carbonyl (C=O) groups is 1. The average molecular weight is 251 g/mol. The van der Waals surface area contributed by atoms with Crippen LogP contribution in [0.4, 0.5) is 0 Å². The summed E-state index contributed by atoms with van der Waals surface area (Å²) in [6, 6.07) is 0.720. The largest absolute Gasteiger partial charge is 0.348 e. The molecule has 1 aromatic rings. The molecule has 0 aromatic carbocycles. The van der Waals surface area contributed by atoms with Crippen LogP contribution in [0.5, 0.6) is 0 Å². The molecule has 0 spiro atoms. The number of hydrogen-bond donors (Lipinski definition) is 2. The summed E-state index contributed by atoms with van der Waals surface area (Å²) >= 11 is 0. The highest BCUT2D eigenvalue weighted by Gasteiger charge is 2.25. The minimum Gasteiger partial charge on any atom is -0.348 e. The van der Waals surface area contributed by atoms with Gasteiger partial charge in [0.25, 0.3) is 5.91 Å². The first-order valence-electron chi connectivity index (χ1n) is 6.48. The van der Waals surface area contributed by atoms with Gasteiger partial charge in [0.05, 0.1) is 0 Å². The number of likely N-dealkylation sites (N-methyl/N-ethyl adjacent to an activating group) is 1. The monoisotopic (exact) mass is 251 g/mol. The third-order valence-electron chi connectivity index (χ3n) is 3.17. The number of H-pyrrole nitrogens is 1. The lowest BCUT2D eigenvalue weighted by atomic mass is 10.2. The molecule has 0 radical (unpaired) electrons. The zero-order valence-corrected chi connectivity index (χ0v) is 11.2. The molecule has 6 nitrogen and oxygen atoms in total. The Morgan fingerprint density at radius 1 is 1.56 bits per heavy atom. The van der Waals surface area contributed by atoms with E-state index >= 15 is 0 Å². The molecule has 6 heteroatoms. The van der Waals surface area contributed by atoms with Crippen molar-refractivity contribution in [3.8, 4) is 0 Å². The van der Waals surface area contributed by atoms with E-state index in [1.54, 1.807) is 0 Å². The van der Waals surface area contributed by atoms with Gasteiger partial charge in [0, 0.05) is 25.0 Å². The molecule has 0 atom stereocenters. The second-order valence-corrected chi connectivity index (χ2v) is 5.17. The van der Waals surface area contributed by atoms with Crippen molar-refractivity contribution < 1.29 is 4.79 Å². The van der Waals surface area contributed by atoms with Gasteiger partial charge >= 0.3 is 0 Å². The van der Waals surface area contributed by atoms with Gasteiger partial charge in [0.15, 0.2) is 0 Å². The van der Waals surface area contributed by atoms with Crippen LogP contribution < -0.4 is 5.32 Å². The van der Waals surface area contributed by atoms with Crippen LogP contribution in [-0.4, -0.2) is 52.2 Å². The molecule has 1 aliphatic carbocycles. The summed E-state index contributed by atoms with van der Waals surface area (Å²) in [5.74, 6) is 1.02. The number of carbonyl (C=O) groups excluding carboxylic acids is 1. The Balaban J connectivity index is 1.76. The molecule has 100 valence electrons. The van der Waals surface area contributed by atoms with Crippen molar-refractivity contribution >= 4 is 5.91 Å². The van der Waals surface area contributed by atoms with Crippen molar-refractivity contribution in [2.45, 2.75) is 38.6 Å². The average Bonchev–Trinajstić information content (AvgIpc) is 3.05. The van der Waals surface area contributed by atoms with Crippen LogP contribution in [0.3, 0.4) is 0 Å². The van der Waals surface area contributed by atoms with Gasteiger partial charge < -0.3 is 10.2 Å². The van der Waals surface area contributed by atoms with E-state index in [9.17, 15) is 4.79 Å². The first kappa shape index (κ1) is 13.0. The van der Waals surface area contributed by atoms with Crippen LogP contribution in [0.25, 0.3) is 0 Å². The van der Waals surface area contributed by atoms with E-state index in [0.717, 1.165) is 18.4 Å². The van der Waals surface area contributed by atoms with E-state index in [-0.39, 0.29) is 17.6 Å². The van der Waals surface area contributed by atoms with Crippen molar-refractivity contribution in [1.82, 2.24) is 25.4 Å². The highest BCUT2D eigenvalue weighted by Crippen LogP contribution is 2.24.